The molecule has 1 saturated heterocycles. The third-order valence-corrected chi connectivity index (χ3v) is 3.44. The number of aromatic nitrogens is 1. The van der Waals surface area contributed by atoms with Crippen LogP contribution in [0.2, 0.25) is 0 Å². The molecule has 84 valence electrons. The van der Waals surface area contributed by atoms with Crippen LogP contribution in [0, 0.1) is 0 Å². The number of nitrogens with zero attached hydrogens (tertiary/aromatic N) is 1. The molecular formula is C13H16N2O. The second-order valence-electron chi connectivity index (χ2n) is 4.41. The van der Waals surface area contributed by atoms with E-state index in [1.165, 1.54) is 12.8 Å². The van der Waals surface area contributed by atoms with Crippen LogP contribution >= 0.6 is 0 Å². The molecule has 2 aromatic rings. The molecule has 3 heteroatoms. The van der Waals surface area contributed by atoms with Gasteiger partial charge in [-0.1, -0.05) is 6.07 Å². The van der Waals surface area contributed by atoms with Crippen LogP contribution in [0.5, 0.6) is 5.75 Å². The van der Waals surface area contributed by atoms with Gasteiger partial charge in [0.25, 0.3) is 0 Å². The first-order chi connectivity index (χ1) is 7.86. The van der Waals surface area contributed by atoms with E-state index in [2.05, 4.69) is 22.1 Å². The van der Waals surface area contributed by atoms with Gasteiger partial charge in [-0.25, -0.2) is 0 Å². The molecule has 1 fully saturated rings. The Balaban J connectivity index is 2.06. The van der Waals surface area contributed by atoms with Crippen molar-refractivity contribution < 1.29 is 5.11 Å². The second kappa shape index (κ2) is 3.83. The number of piperidine rings is 1. The van der Waals surface area contributed by atoms with Gasteiger partial charge in [-0.3, -0.25) is 0 Å². The maximum absolute atomic E-state index is 9.76. The molecule has 0 bridgehead atoms. The third-order valence-electron chi connectivity index (χ3n) is 3.44. The molecule has 3 nitrogen and oxygen atoms in total. The molecule has 16 heavy (non-hydrogen) atoms. The molecule has 1 aliphatic rings. The van der Waals surface area contributed by atoms with E-state index in [1.807, 2.05) is 12.1 Å². The monoisotopic (exact) mass is 216 g/mol. The van der Waals surface area contributed by atoms with Gasteiger partial charge in [0.15, 0.2) is 0 Å². The van der Waals surface area contributed by atoms with Crippen LogP contribution < -0.4 is 5.32 Å². The predicted molar refractivity (Wildman–Crippen MR) is 64.7 cm³/mol. The van der Waals surface area contributed by atoms with E-state index >= 15 is 0 Å². The van der Waals surface area contributed by atoms with Gasteiger partial charge in [0.1, 0.15) is 5.75 Å². The molecule has 1 aliphatic heterocycles. The molecule has 0 unspecified atom stereocenters. The van der Waals surface area contributed by atoms with Gasteiger partial charge in [-0.2, -0.15) is 0 Å². The highest BCUT2D eigenvalue weighted by molar-refractivity contribution is 5.86. The van der Waals surface area contributed by atoms with Gasteiger partial charge in [-0.05, 0) is 44.1 Å². The quantitative estimate of drug-likeness (QED) is 0.767. The van der Waals surface area contributed by atoms with Gasteiger partial charge in [0, 0.05) is 17.6 Å². The van der Waals surface area contributed by atoms with Crippen molar-refractivity contribution in [2.45, 2.75) is 18.9 Å². The van der Waals surface area contributed by atoms with Crippen LogP contribution in [0.4, 0.5) is 0 Å². The van der Waals surface area contributed by atoms with Crippen molar-refractivity contribution in [2.75, 3.05) is 13.1 Å². The molecule has 0 aliphatic carbocycles. The molecule has 0 spiro atoms. The van der Waals surface area contributed by atoms with E-state index in [4.69, 9.17) is 0 Å². The lowest BCUT2D eigenvalue weighted by Gasteiger charge is -2.25. The maximum atomic E-state index is 9.76. The summed E-state index contributed by atoms with van der Waals surface area (Å²) in [6.45, 7) is 2.17. The van der Waals surface area contributed by atoms with E-state index in [9.17, 15) is 5.11 Å². The fraction of sp³-hybridized carbons (Fsp3) is 0.385. The summed E-state index contributed by atoms with van der Waals surface area (Å²) in [5.41, 5.74) is 1.15. The molecule has 1 aromatic carbocycles. The fourth-order valence-electron chi connectivity index (χ4n) is 2.58. The molecule has 0 atom stereocenters. The van der Waals surface area contributed by atoms with Gasteiger partial charge in [0.05, 0.1) is 5.52 Å². The first-order valence-electron chi connectivity index (χ1n) is 5.85. The zero-order valence-corrected chi connectivity index (χ0v) is 9.19. The van der Waals surface area contributed by atoms with Crippen LogP contribution in [0.3, 0.4) is 0 Å². The maximum Gasteiger partial charge on any atom is 0.124 e. The smallest absolute Gasteiger partial charge is 0.124 e. The highest BCUT2D eigenvalue weighted by Crippen LogP contribution is 2.30. The highest BCUT2D eigenvalue weighted by Gasteiger charge is 2.16. The topological polar surface area (TPSA) is 37.2 Å². The lowest BCUT2D eigenvalue weighted by atomic mass is 10.1. The number of benzene rings is 1. The molecule has 0 amide bonds. The zero-order valence-electron chi connectivity index (χ0n) is 9.19. The van der Waals surface area contributed by atoms with Crippen molar-refractivity contribution in [1.82, 2.24) is 9.88 Å². The first-order valence-corrected chi connectivity index (χ1v) is 5.85. The molecule has 3 rings (SSSR count). The van der Waals surface area contributed by atoms with Crippen molar-refractivity contribution in [1.29, 1.82) is 0 Å². The normalized spacial score (nSPS) is 18.0. The first kappa shape index (κ1) is 9.73. The summed E-state index contributed by atoms with van der Waals surface area (Å²) in [6, 6.07) is 8.31. The van der Waals surface area contributed by atoms with Gasteiger partial charge >= 0.3 is 0 Å². The molecular weight excluding hydrogens is 200 g/mol. The van der Waals surface area contributed by atoms with Crippen molar-refractivity contribution in [3.05, 3.63) is 30.5 Å². The average molecular weight is 216 g/mol. The summed E-state index contributed by atoms with van der Waals surface area (Å²) in [5.74, 6) is 0.380. The molecule has 1 aromatic heterocycles. The number of hydrogen-bond donors (Lipinski definition) is 2. The Kier molecular flexibility index (Phi) is 2.33. The van der Waals surface area contributed by atoms with Crippen molar-refractivity contribution in [3.63, 3.8) is 0 Å². The number of hydrogen-bond acceptors (Lipinski definition) is 2. The van der Waals surface area contributed by atoms with Crippen molar-refractivity contribution in [2.24, 2.45) is 0 Å². The number of nitrogens with one attached hydrogen (secondary N) is 1. The second-order valence-corrected chi connectivity index (χ2v) is 4.41. The zero-order chi connectivity index (χ0) is 11.0. The van der Waals surface area contributed by atoms with Crippen molar-refractivity contribution in [3.8, 4) is 5.75 Å². The Labute approximate surface area is 94.7 Å². The summed E-state index contributed by atoms with van der Waals surface area (Å²) in [7, 11) is 0. The van der Waals surface area contributed by atoms with Crippen LogP contribution in [-0.2, 0) is 0 Å². The van der Waals surface area contributed by atoms with E-state index in [1.54, 1.807) is 6.07 Å². The minimum absolute atomic E-state index is 0.380. The SMILES string of the molecule is Oc1cccc2c1ccn2C1CCNCC1. The number of aromatic hydroxyl groups is 1. The standard InChI is InChI=1S/C13H16N2O/c16-13-3-1-2-12-11(13)6-9-15(12)10-4-7-14-8-5-10/h1-3,6,9-10,14,16H,4-5,7-8H2. The lowest BCUT2D eigenvalue weighted by molar-refractivity contribution is 0.376. The molecule has 2 N–H and O–H groups in total. The number of phenolic OH excluding ortho intramolecular Hbond substituents is 1. The molecule has 0 saturated carbocycles. The van der Waals surface area contributed by atoms with Crippen LogP contribution in [-0.4, -0.2) is 22.8 Å². The minimum atomic E-state index is 0.380. The summed E-state index contributed by atoms with van der Waals surface area (Å²) in [4.78, 5) is 0. The summed E-state index contributed by atoms with van der Waals surface area (Å²) in [6.07, 6.45) is 4.43. The van der Waals surface area contributed by atoms with Crippen LogP contribution in [0.15, 0.2) is 30.5 Å². The lowest BCUT2D eigenvalue weighted by Crippen LogP contribution is -2.29. The summed E-state index contributed by atoms with van der Waals surface area (Å²) in [5, 5.41) is 14.1. The highest BCUT2D eigenvalue weighted by atomic mass is 16.3. The van der Waals surface area contributed by atoms with E-state index in [-0.39, 0.29) is 0 Å². The predicted octanol–water partition coefficient (Wildman–Crippen LogP) is 2.27. The Morgan fingerprint density at radius 2 is 2.00 bits per heavy atom. The third kappa shape index (κ3) is 1.48. The van der Waals surface area contributed by atoms with Gasteiger partial charge < -0.3 is 15.0 Å². The summed E-state index contributed by atoms with van der Waals surface area (Å²) < 4.78 is 2.30. The average Bonchev–Trinajstić information content (AvgIpc) is 2.75. The Morgan fingerprint density at radius 3 is 2.81 bits per heavy atom. The van der Waals surface area contributed by atoms with E-state index < -0.39 is 0 Å². The van der Waals surface area contributed by atoms with Crippen LogP contribution in [0.1, 0.15) is 18.9 Å². The van der Waals surface area contributed by atoms with Gasteiger partial charge in [0.2, 0.25) is 0 Å². The number of phenols is 1. The van der Waals surface area contributed by atoms with E-state index in [0.717, 1.165) is 24.0 Å². The fourth-order valence-corrected chi connectivity index (χ4v) is 2.58. The largest absolute Gasteiger partial charge is 0.507 e. The summed E-state index contributed by atoms with van der Waals surface area (Å²) >= 11 is 0. The molecule has 2 heterocycles. The molecule has 0 radical (unpaired) electrons. The Morgan fingerprint density at radius 1 is 1.19 bits per heavy atom. The Bertz CT molecular complexity index is 498. The Hall–Kier alpha value is -1.48. The van der Waals surface area contributed by atoms with E-state index in [0.29, 0.717) is 11.8 Å². The number of fused-ring (bicyclic) bond motifs is 1. The minimum Gasteiger partial charge on any atom is -0.507 e. The number of rotatable bonds is 1. The van der Waals surface area contributed by atoms with Gasteiger partial charge in [-0.15, -0.1) is 0 Å². The van der Waals surface area contributed by atoms with Crippen molar-refractivity contribution >= 4 is 10.9 Å². The van der Waals surface area contributed by atoms with Crippen LogP contribution in [0.25, 0.3) is 10.9 Å².